The summed E-state index contributed by atoms with van der Waals surface area (Å²) in [6.45, 7) is 0. The van der Waals surface area contributed by atoms with Crippen LogP contribution in [0.4, 0.5) is 0 Å². The zero-order chi connectivity index (χ0) is 8.01. The SMILES string of the molecule is N[C@H]1[C@H]2CC[C@H](C2)[C@@H]1C(=O)O. The van der Waals surface area contributed by atoms with Gasteiger partial charge in [0.05, 0.1) is 5.92 Å². The van der Waals surface area contributed by atoms with Gasteiger partial charge in [0.1, 0.15) is 0 Å². The van der Waals surface area contributed by atoms with Gasteiger partial charge in [-0.2, -0.15) is 0 Å². The molecule has 2 bridgehead atoms. The Morgan fingerprint density at radius 2 is 2.00 bits per heavy atom. The number of rotatable bonds is 1. The van der Waals surface area contributed by atoms with Gasteiger partial charge in [0.2, 0.25) is 0 Å². The number of aliphatic carboxylic acids is 1. The predicted molar refractivity (Wildman–Crippen MR) is 39.9 cm³/mol. The second-order valence-electron chi connectivity index (χ2n) is 3.77. The fourth-order valence-corrected chi connectivity index (χ4v) is 2.70. The molecule has 0 aliphatic heterocycles. The molecular weight excluding hydrogens is 142 g/mol. The van der Waals surface area contributed by atoms with Gasteiger partial charge in [-0.25, -0.2) is 0 Å². The maximum Gasteiger partial charge on any atom is 0.308 e. The summed E-state index contributed by atoms with van der Waals surface area (Å²) in [5, 5.41) is 8.83. The van der Waals surface area contributed by atoms with E-state index < -0.39 is 5.97 Å². The first kappa shape index (κ1) is 7.10. The largest absolute Gasteiger partial charge is 0.481 e. The van der Waals surface area contributed by atoms with Gasteiger partial charge in [-0.05, 0) is 31.1 Å². The Hall–Kier alpha value is -0.570. The molecule has 0 aromatic heterocycles. The van der Waals surface area contributed by atoms with E-state index in [0.29, 0.717) is 11.8 Å². The Morgan fingerprint density at radius 1 is 1.36 bits per heavy atom. The molecule has 0 saturated heterocycles. The van der Waals surface area contributed by atoms with Crippen molar-refractivity contribution in [2.24, 2.45) is 23.5 Å². The number of hydrogen-bond acceptors (Lipinski definition) is 2. The molecule has 2 fully saturated rings. The molecule has 3 heteroatoms. The quantitative estimate of drug-likeness (QED) is 0.577. The normalized spacial score (nSPS) is 48.1. The van der Waals surface area contributed by atoms with E-state index in [-0.39, 0.29) is 12.0 Å². The van der Waals surface area contributed by atoms with Gasteiger partial charge in [-0.3, -0.25) is 4.79 Å². The molecule has 0 radical (unpaired) electrons. The molecule has 0 amide bonds. The van der Waals surface area contributed by atoms with Crippen LogP contribution in [0.15, 0.2) is 0 Å². The van der Waals surface area contributed by atoms with E-state index in [1.54, 1.807) is 0 Å². The molecule has 2 saturated carbocycles. The third-order valence-corrected chi connectivity index (χ3v) is 3.27. The lowest BCUT2D eigenvalue weighted by Gasteiger charge is -2.23. The van der Waals surface area contributed by atoms with Crippen LogP contribution in [0.1, 0.15) is 19.3 Å². The van der Waals surface area contributed by atoms with Crippen LogP contribution in [-0.4, -0.2) is 17.1 Å². The minimum absolute atomic E-state index is 0.0637. The number of carboxylic acid groups (broad SMARTS) is 1. The van der Waals surface area contributed by atoms with Crippen molar-refractivity contribution in [1.82, 2.24) is 0 Å². The second kappa shape index (κ2) is 2.21. The molecule has 11 heavy (non-hydrogen) atoms. The van der Waals surface area contributed by atoms with Crippen molar-refractivity contribution in [2.75, 3.05) is 0 Å². The van der Waals surface area contributed by atoms with Crippen LogP contribution >= 0.6 is 0 Å². The Morgan fingerprint density at radius 3 is 2.36 bits per heavy atom. The van der Waals surface area contributed by atoms with E-state index in [9.17, 15) is 4.79 Å². The van der Waals surface area contributed by atoms with E-state index in [1.165, 1.54) is 0 Å². The van der Waals surface area contributed by atoms with Crippen molar-refractivity contribution in [3.63, 3.8) is 0 Å². The van der Waals surface area contributed by atoms with Gasteiger partial charge in [0, 0.05) is 6.04 Å². The number of nitrogens with two attached hydrogens (primary N) is 1. The number of fused-ring (bicyclic) bond motifs is 2. The Kier molecular flexibility index (Phi) is 1.42. The maximum absolute atomic E-state index is 10.7. The lowest BCUT2D eigenvalue weighted by atomic mass is 9.85. The summed E-state index contributed by atoms with van der Waals surface area (Å²) in [5.74, 6) is -0.0490. The van der Waals surface area contributed by atoms with Gasteiger partial charge < -0.3 is 10.8 Å². The number of hydrogen-bond donors (Lipinski definition) is 2. The lowest BCUT2D eigenvalue weighted by Crippen LogP contribution is -2.40. The van der Waals surface area contributed by atoms with Crippen molar-refractivity contribution < 1.29 is 9.90 Å². The fraction of sp³-hybridized carbons (Fsp3) is 0.875. The molecular formula is C8H13NO2. The van der Waals surface area contributed by atoms with Crippen LogP contribution in [0.2, 0.25) is 0 Å². The molecule has 0 unspecified atom stereocenters. The van der Waals surface area contributed by atoms with Gasteiger partial charge >= 0.3 is 5.97 Å². The van der Waals surface area contributed by atoms with Crippen LogP contribution in [-0.2, 0) is 4.79 Å². The average Bonchev–Trinajstić information content (AvgIpc) is 2.44. The standard InChI is InChI=1S/C8H13NO2/c9-7-5-2-1-4(3-5)6(7)8(10)11/h4-7H,1-3,9H2,(H,10,11)/t4-,5+,6+,7+/m1/s1. The van der Waals surface area contributed by atoms with E-state index in [4.69, 9.17) is 10.8 Å². The van der Waals surface area contributed by atoms with Crippen molar-refractivity contribution in [2.45, 2.75) is 25.3 Å². The highest BCUT2D eigenvalue weighted by molar-refractivity contribution is 5.72. The van der Waals surface area contributed by atoms with Gasteiger partial charge in [-0.15, -0.1) is 0 Å². The zero-order valence-corrected chi connectivity index (χ0v) is 6.36. The summed E-state index contributed by atoms with van der Waals surface area (Å²) in [7, 11) is 0. The summed E-state index contributed by atoms with van der Waals surface area (Å²) in [6, 6.07) is -0.0637. The molecule has 2 rings (SSSR count). The van der Waals surface area contributed by atoms with Crippen LogP contribution in [0.25, 0.3) is 0 Å². The van der Waals surface area contributed by atoms with Crippen molar-refractivity contribution >= 4 is 5.97 Å². The minimum Gasteiger partial charge on any atom is -0.481 e. The lowest BCUT2D eigenvalue weighted by molar-refractivity contribution is -0.144. The molecule has 2 aliphatic carbocycles. The highest BCUT2D eigenvalue weighted by Gasteiger charge is 2.49. The number of carbonyl (C=O) groups is 1. The summed E-state index contributed by atoms with van der Waals surface area (Å²) in [6.07, 6.45) is 3.28. The molecule has 4 atom stereocenters. The van der Waals surface area contributed by atoms with E-state index in [1.807, 2.05) is 0 Å². The van der Waals surface area contributed by atoms with E-state index >= 15 is 0 Å². The van der Waals surface area contributed by atoms with E-state index in [0.717, 1.165) is 19.3 Å². The second-order valence-corrected chi connectivity index (χ2v) is 3.77. The Balaban J connectivity index is 2.17. The van der Waals surface area contributed by atoms with Crippen LogP contribution < -0.4 is 5.73 Å². The Bertz CT molecular complexity index is 191. The summed E-state index contributed by atoms with van der Waals surface area (Å²) in [4.78, 5) is 10.7. The van der Waals surface area contributed by atoms with Crippen molar-refractivity contribution in [3.05, 3.63) is 0 Å². The Labute approximate surface area is 65.6 Å². The van der Waals surface area contributed by atoms with Crippen molar-refractivity contribution in [3.8, 4) is 0 Å². The average molecular weight is 155 g/mol. The summed E-state index contributed by atoms with van der Waals surface area (Å²) >= 11 is 0. The first-order chi connectivity index (χ1) is 5.20. The van der Waals surface area contributed by atoms with Gasteiger partial charge in [0.15, 0.2) is 0 Å². The molecule has 3 N–H and O–H groups in total. The maximum atomic E-state index is 10.7. The monoisotopic (exact) mass is 155 g/mol. The zero-order valence-electron chi connectivity index (χ0n) is 6.36. The minimum atomic E-state index is -0.690. The van der Waals surface area contributed by atoms with Gasteiger partial charge in [-0.1, -0.05) is 0 Å². The third-order valence-electron chi connectivity index (χ3n) is 3.27. The topological polar surface area (TPSA) is 63.3 Å². The molecule has 0 aromatic rings. The number of carboxylic acids is 1. The molecule has 0 heterocycles. The molecule has 0 aromatic carbocycles. The molecule has 0 spiro atoms. The summed E-state index contributed by atoms with van der Waals surface area (Å²) < 4.78 is 0. The highest BCUT2D eigenvalue weighted by Crippen LogP contribution is 2.47. The first-order valence-corrected chi connectivity index (χ1v) is 4.18. The van der Waals surface area contributed by atoms with E-state index in [2.05, 4.69) is 0 Å². The fourth-order valence-electron chi connectivity index (χ4n) is 2.70. The van der Waals surface area contributed by atoms with Crippen LogP contribution in [0.3, 0.4) is 0 Å². The molecule has 62 valence electrons. The first-order valence-electron chi connectivity index (χ1n) is 4.18. The van der Waals surface area contributed by atoms with Crippen LogP contribution in [0, 0.1) is 17.8 Å². The molecule has 3 nitrogen and oxygen atoms in total. The van der Waals surface area contributed by atoms with Crippen LogP contribution in [0.5, 0.6) is 0 Å². The highest BCUT2D eigenvalue weighted by atomic mass is 16.4. The predicted octanol–water partition coefficient (Wildman–Crippen LogP) is 0.444. The van der Waals surface area contributed by atoms with Gasteiger partial charge in [0.25, 0.3) is 0 Å². The third kappa shape index (κ3) is 0.872. The smallest absolute Gasteiger partial charge is 0.308 e. The summed E-state index contributed by atoms with van der Waals surface area (Å²) in [5.41, 5.74) is 5.78. The van der Waals surface area contributed by atoms with Crippen molar-refractivity contribution in [1.29, 1.82) is 0 Å². The molecule has 2 aliphatic rings.